The Morgan fingerprint density at radius 3 is 2.55 bits per heavy atom. The quantitative estimate of drug-likeness (QED) is 0.841. The lowest BCUT2D eigenvalue weighted by molar-refractivity contribution is -0.124. The second-order valence-corrected chi connectivity index (χ2v) is 5.80. The van der Waals surface area contributed by atoms with Crippen molar-refractivity contribution in [1.82, 2.24) is 5.32 Å². The van der Waals surface area contributed by atoms with Gasteiger partial charge in [-0.25, -0.2) is 8.78 Å². The first-order chi connectivity index (χ1) is 9.96. The highest BCUT2D eigenvalue weighted by Gasteiger charge is 2.46. The van der Waals surface area contributed by atoms with Crippen LogP contribution >= 0.6 is 12.4 Å². The fraction of sp³-hybridized carbons (Fsp3) is 0.562. The monoisotopic (exact) mass is 332 g/mol. The molecule has 0 bridgehead atoms. The van der Waals surface area contributed by atoms with Crippen LogP contribution in [0.15, 0.2) is 18.2 Å². The summed E-state index contributed by atoms with van der Waals surface area (Å²) in [4.78, 5) is 12.3. The zero-order chi connectivity index (χ0) is 15.6. The third kappa shape index (κ3) is 3.76. The third-order valence-electron chi connectivity index (χ3n) is 4.62. The molecule has 6 heteroatoms. The number of rotatable bonds is 6. The molecule has 124 valence electrons. The van der Waals surface area contributed by atoms with Crippen LogP contribution in [0.4, 0.5) is 8.78 Å². The number of hydrogen-bond acceptors (Lipinski definition) is 2. The van der Waals surface area contributed by atoms with Crippen molar-refractivity contribution >= 4 is 18.3 Å². The largest absolute Gasteiger partial charge is 0.349 e. The Morgan fingerprint density at radius 1 is 1.36 bits per heavy atom. The van der Waals surface area contributed by atoms with Gasteiger partial charge in [0.2, 0.25) is 5.91 Å². The van der Waals surface area contributed by atoms with Gasteiger partial charge in [-0.15, -0.1) is 12.4 Å². The molecule has 1 aromatic rings. The maximum Gasteiger partial charge on any atom is 0.224 e. The van der Waals surface area contributed by atoms with Gasteiger partial charge in [0.25, 0.3) is 0 Å². The zero-order valence-corrected chi connectivity index (χ0v) is 13.7. The highest BCUT2D eigenvalue weighted by molar-refractivity contribution is 5.85. The van der Waals surface area contributed by atoms with Gasteiger partial charge in [0.15, 0.2) is 0 Å². The first kappa shape index (κ1) is 18.8. The predicted octanol–water partition coefficient (Wildman–Crippen LogP) is 3.12. The number of benzene rings is 1. The van der Waals surface area contributed by atoms with Gasteiger partial charge in [-0.05, 0) is 48.9 Å². The van der Waals surface area contributed by atoms with Crippen LogP contribution in [-0.4, -0.2) is 18.0 Å². The SMILES string of the molecule is CCC(CC)(CN)NC(=O)C1CC1c1cc(F)ccc1F.Cl. The molecule has 2 unspecified atom stereocenters. The molecule has 2 atom stereocenters. The Kier molecular flexibility index (Phi) is 6.32. The smallest absolute Gasteiger partial charge is 0.224 e. The van der Waals surface area contributed by atoms with E-state index in [-0.39, 0.29) is 30.2 Å². The molecule has 1 aromatic carbocycles. The number of nitrogens with one attached hydrogen (secondary N) is 1. The van der Waals surface area contributed by atoms with E-state index in [1.807, 2.05) is 13.8 Å². The molecule has 1 amide bonds. The first-order valence-electron chi connectivity index (χ1n) is 7.43. The summed E-state index contributed by atoms with van der Waals surface area (Å²) in [6.45, 7) is 4.33. The molecule has 0 aliphatic heterocycles. The second-order valence-electron chi connectivity index (χ2n) is 5.80. The number of hydrogen-bond donors (Lipinski definition) is 2. The van der Waals surface area contributed by atoms with Crippen molar-refractivity contribution < 1.29 is 13.6 Å². The molecule has 2 rings (SSSR count). The summed E-state index contributed by atoms with van der Waals surface area (Å²) in [6, 6.07) is 3.38. The Labute approximate surface area is 136 Å². The van der Waals surface area contributed by atoms with E-state index in [1.54, 1.807) is 0 Å². The molecule has 1 fully saturated rings. The minimum absolute atomic E-state index is 0. The molecular weight excluding hydrogens is 310 g/mol. The third-order valence-corrected chi connectivity index (χ3v) is 4.62. The average molecular weight is 333 g/mol. The summed E-state index contributed by atoms with van der Waals surface area (Å²) < 4.78 is 26.9. The number of carbonyl (C=O) groups is 1. The molecule has 1 aliphatic carbocycles. The van der Waals surface area contributed by atoms with E-state index >= 15 is 0 Å². The Morgan fingerprint density at radius 2 is 2.00 bits per heavy atom. The van der Waals surface area contributed by atoms with Crippen LogP contribution in [0.25, 0.3) is 0 Å². The highest BCUT2D eigenvalue weighted by Crippen LogP contribution is 2.48. The lowest BCUT2D eigenvalue weighted by atomic mass is 9.92. The van der Waals surface area contributed by atoms with E-state index in [9.17, 15) is 13.6 Å². The van der Waals surface area contributed by atoms with Crippen molar-refractivity contribution in [2.24, 2.45) is 11.7 Å². The van der Waals surface area contributed by atoms with Crippen LogP contribution in [0, 0.1) is 17.6 Å². The number of amides is 1. The van der Waals surface area contributed by atoms with Gasteiger partial charge in [-0.1, -0.05) is 13.8 Å². The van der Waals surface area contributed by atoms with Crippen molar-refractivity contribution in [3.8, 4) is 0 Å². The van der Waals surface area contributed by atoms with E-state index in [0.29, 0.717) is 18.5 Å². The van der Waals surface area contributed by atoms with E-state index in [2.05, 4.69) is 5.32 Å². The summed E-state index contributed by atoms with van der Waals surface area (Å²) >= 11 is 0. The summed E-state index contributed by atoms with van der Waals surface area (Å²) in [5, 5.41) is 3.00. The summed E-state index contributed by atoms with van der Waals surface area (Å²) in [6.07, 6.45) is 2.05. The number of carbonyl (C=O) groups excluding carboxylic acids is 1. The number of halogens is 3. The molecule has 3 nitrogen and oxygen atoms in total. The molecule has 3 N–H and O–H groups in total. The standard InChI is InChI=1S/C16H22F2N2O.ClH/c1-3-16(4-2,9-19)20-15(21)13-8-11(13)12-7-10(17)5-6-14(12)18;/h5-7,11,13H,3-4,8-9,19H2,1-2H3,(H,20,21);1H. The van der Waals surface area contributed by atoms with E-state index < -0.39 is 17.2 Å². The van der Waals surface area contributed by atoms with Gasteiger partial charge in [-0.3, -0.25) is 4.79 Å². The van der Waals surface area contributed by atoms with Gasteiger partial charge in [0, 0.05) is 12.5 Å². The van der Waals surface area contributed by atoms with E-state index in [4.69, 9.17) is 5.73 Å². The molecule has 0 spiro atoms. The van der Waals surface area contributed by atoms with E-state index in [0.717, 1.165) is 25.0 Å². The number of nitrogens with two attached hydrogens (primary N) is 1. The summed E-state index contributed by atoms with van der Waals surface area (Å²) in [7, 11) is 0. The van der Waals surface area contributed by atoms with Crippen LogP contribution in [0.2, 0.25) is 0 Å². The lowest BCUT2D eigenvalue weighted by Gasteiger charge is -2.31. The molecule has 0 saturated heterocycles. The Balaban J connectivity index is 0.00000242. The first-order valence-corrected chi connectivity index (χ1v) is 7.43. The molecule has 1 aliphatic rings. The fourth-order valence-electron chi connectivity index (χ4n) is 2.75. The molecule has 0 aromatic heterocycles. The topological polar surface area (TPSA) is 55.1 Å². The van der Waals surface area contributed by atoms with Crippen LogP contribution in [-0.2, 0) is 4.79 Å². The van der Waals surface area contributed by atoms with Crippen LogP contribution in [0.5, 0.6) is 0 Å². The predicted molar refractivity (Wildman–Crippen MR) is 85.0 cm³/mol. The molecular formula is C16H23ClF2N2O. The molecule has 1 saturated carbocycles. The Bertz CT molecular complexity index is 527. The Hall–Kier alpha value is -1.20. The van der Waals surface area contributed by atoms with Gasteiger partial charge in [-0.2, -0.15) is 0 Å². The lowest BCUT2D eigenvalue weighted by Crippen LogP contribution is -2.53. The van der Waals surface area contributed by atoms with Crippen molar-refractivity contribution in [3.05, 3.63) is 35.4 Å². The second kappa shape index (κ2) is 7.38. The molecule has 0 heterocycles. The highest BCUT2D eigenvalue weighted by atomic mass is 35.5. The van der Waals surface area contributed by atoms with Crippen molar-refractivity contribution in [1.29, 1.82) is 0 Å². The fourth-order valence-corrected chi connectivity index (χ4v) is 2.75. The van der Waals surface area contributed by atoms with Crippen LogP contribution in [0.1, 0.15) is 44.6 Å². The van der Waals surface area contributed by atoms with Crippen LogP contribution in [0.3, 0.4) is 0 Å². The van der Waals surface area contributed by atoms with Gasteiger partial charge >= 0.3 is 0 Å². The average Bonchev–Trinajstić information content (AvgIpc) is 3.28. The molecule has 0 radical (unpaired) electrons. The maximum absolute atomic E-state index is 13.7. The van der Waals surface area contributed by atoms with Crippen molar-refractivity contribution in [3.63, 3.8) is 0 Å². The van der Waals surface area contributed by atoms with Crippen molar-refractivity contribution in [2.45, 2.75) is 44.6 Å². The summed E-state index contributed by atoms with van der Waals surface area (Å²) in [5.74, 6) is -1.56. The maximum atomic E-state index is 13.7. The van der Waals surface area contributed by atoms with Crippen LogP contribution < -0.4 is 11.1 Å². The van der Waals surface area contributed by atoms with Crippen molar-refractivity contribution in [2.75, 3.05) is 6.54 Å². The van der Waals surface area contributed by atoms with Gasteiger partial charge in [0.1, 0.15) is 11.6 Å². The minimum Gasteiger partial charge on any atom is -0.349 e. The van der Waals surface area contributed by atoms with Gasteiger partial charge in [0.05, 0.1) is 5.54 Å². The molecule has 22 heavy (non-hydrogen) atoms. The zero-order valence-electron chi connectivity index (χ0n) is 12.9. The van der Waals surface area contributed by atoms with E-state index in [1.165, 1.54) is 6.07 Å². The van der Waals surface area contributed by atoms with Gasteiger partial charge < -0.3 is 11.1 Å². The summed E-state index contributed by atoms with van der Waals surface area (Å²) in [5.41, 5.74) is 5.66. The minimum atomic E-state index is -0.476. The normalized spacial score (nSPS) is 20.2.